The van der Waals surface area contributed by atoms with Crippen molar-refractivity contribution in [3.8, 4) is 28.2 Å². The number of aromatic nitrogens is 2. The molecule has 2 aliphatic rings. The van der Waals surface area contributed by atoms with Crippen molar-refractivity contribution in [3.05, 3.63) is 128 Å². The van der Waals surface area contributed by atoms with Crippen molar-refractivity contribution in [3.63, 3.8) is 0 Å². The number of carboxylic acids is 1. The smallest absolute Gasteiger partial charge is 0.336 e. The van der Waals surface area contributed by atoms with Crippen LogP contribution in [0.15, 0.2) is 100 Å². The number of aromatic carboxylic acids is 1. The monoisotopic (exact) mass is 640 g/mol. The third-order valence-corrected chi connectivity index (χ3v) is 7.94. The van der Waals surface area contributed by atoms with Crippen LogP contribution in [0.25, 0.3) is 33.4 Å². The number of anilines is 1. The minimum atomic E-state index is -1.15. The second-order valence-electron chi connectivity index (χ2n) is 10.4. The molecule has 1 aliphatic carbocycles. The second kappa shape index (κ2) is 13.0. The van der Waals surface area contributed by atoms with E-state index in [2.05, 4.69) is 20.2 Å². The van der Waals surface area contributed by atoms with Crippen molar-refractivity contribution < 1.29 is 19.4 Å². The standard InChI is InChI=1S/C34H26Cl2N4O5/c35-27-14-25-31(16-29(27)41)45-32-17-30(42)28(36)15-26(32)33(25)24-13-20(7-8-23(24)34(43)44)39-11-12-40(18-21-5-1-3-9-37-21)19-22-6-2-4-10-38-22/h1-10,13-17,39,41H,11-12,18-19H2,(H,43,44). The van der Waals surface area contributed by atoms with Gasteiger partial charge in [-0.3, -0.25) is 19.7 Å². The normalized spacial score (nSPS) is 11.4. The number of carbonyl (C=O) groups is 1. The highest BCUT2D eigenvalue weighted by atomic mass is 35.5. The van der Waals surface area contributed by atoms with Gasteiger partial charge in [0.25, 0.3) is 0 Å². The fourth-order valence-electron chi connectivity index (χ4n) is 5.25. The minimum Gasteiger partial charge on any atom is -0.506 e. The molecule has 226 valence electrons. The number of nitrogens with one attached hydrogen (secondary N) is 1. The molecule has 1 aliphatic heterocycles. The van der Waals surface area contributed by atoms with E-state index in [0.717, 1.165) is 11.4 Å². The SMILES string of the molecule is O=C(O)c1ccc(NCCN(Cc2ccccn2)Cc2ccccn2)cc1-c1c2cc(Cl)c(=O)cc-2oc2cc(O)c(Cl)cc12. The molecule has 9 nitrogen and oxygen atoms in total. The number of carboxylic acid groups (broad SMARTS) is 1. The molecule has 0 unspecified atom stereocenters. The van der Waals surface area contributed by atoms with Crippen molar-refractivity contribution in [1.82, 2.24) is 14.9 Å². The molecule has 4 aromatic rings. The Hall–Kier alpha value is -4.96. The van der Waals surface area contributed by atoms with Crippen LogP contribution in [-0.2, 0) is 13.1 Å². The van der Waals surface area contributed by atoms with Crippen LogP contribution in [0, 0.1) is 0 Å². The van der Waals surface area contributed by atoms with E-state index in [9.17, 15) is 19.8 Å². The maximum Gasteiger partial charge on any atom is 0.336 e. The predicted molar refractivity (Wildman–Crippen MR) is 174 cm³/mol. The van der Waals surface area contributed by atoms with Crippen molar-refractivity contribution in [2.75, 3.05) is 18.4 Å². The summed E-state index contributed by atoms with van der Waals surface area (Å²) >= 11 is 12.5. The van der Waals surface area contributed by atoms with Crippen LogP contribution in [0.2, 0.25) is 10.0 Å². The van der Waals surface area contributed by atoms with Gasteiger partial charge in [0.05, 0.1) is 27.0 Å². The summed E-state index contributed by atoms with van der Waals surface area (Å²) < 4.78 is 5.94. The summed E-state index contributed by atoms with van der Waals surface area (Å²) in [5.74, 6) is -1.18. The van der Waals surface area contributed by atoms with Gasteiger partial charge in [-0.1, -0.05) is 35.3 Å². The molecule has 0 radical (unpaired) electrons. The summed E-state index contributed by atoms with van der Waals surface area (Å²) in [5, 5.41) is 24.3. The van der Waals surface area contributed by atoms with E-state index in [-0.39, 0.29) is 32.7 Å². The van der Waals surface area contributed by atoms with E-state index in [1.54, 1.807) is 24.5 Å². The van der Waals surface area contributed by atoms with Crippen LogP contribution in [0.3, 0.4) is 0 Å². The highest BCUT2D eigenvalue weighted by Crippen LogP contribution is 2.44. The van der Waals surface area contributed by atoms with Gasteiger partial charge in [0.2, 0.25) is 5.43 Å². The van der Waals surface area contributed by atoms with Crippen LogP contribution >= 0.6 is 23.2 Å². The number of rotatable bonds is 10. The third-order valence-electron chi connectivity index (χ3n) is 7.34. The number of nitrogens with zero attached hydrogens (tertiary/aromatic N) is 3. The average molecular weight is 642 g/mol. The zero-order chi connectivity index (χ0) is 31.5. The Labute approximate surface area is 267 Å². The average Bonchev–Trinajstić information content (AvgIpc) is 3.02. The van der Waals surface area contributed by atoms with Gasteiger partial charge in [0, 0.05) is 72.9 Å². The summed E-state index contributed by atoms with van der Waals surface area (Å²) in [7, 11) is 0. The lowest BCUT2D eigenvalue weighted by Gasteiger charge is -2.22. The van der Waals surface area contributed by atoms with Gasteiger partial charge in [-0.15, -0.1) is 0 Å². The van der Waals surface area contributed by atoms with E-state index in [1.807, 2.05) is 36.4 Å². The highest BCUT2D eigenvalue weighted by molar-refractivity contribution is 6.33. The Balaban J connectivity index is 1.37. The number of phenolic OH excluding ortho intramolecular Hbond substituents is 1. The van der Waals surface area contributed by atoms with Gasteiger partial charge in [0.1, 0.15) is 17.1 Å². The Kier molecular flexibility index (Phi) is 8.66. The summed E-state index contributed by atoms with van der Waals surface area (Å²) in [6, 6.07) is 22.1. The molecule has 0 fully saturated rings. The molecule has 2 aromatic carbocycles. The largest absolute Gasteiger partial charge is 0.506 e. The number of halogens is 2. The third kappa shape index (κ3) is 6.61. The van der Waals surface area contributed by atoms with E-state index in [4.69, 9.17) is 27.6 Å². The van der Waals surface area contributed by atoms with E-state index in [1.165, 1.54) is 30.3 Å². The number of fused-ring (bicyclic) bond motifs is 2. The molecule has 0 atom stereocenters. The predicted octanol–water partition coefficient (Wildman–Crippen LogP) is 7.18. The molecular formula is C34H26Cl2N4O5. The van der Waals surface area contributed by atoms with E-state index >= 15 is 0 Å². The summed E-state index contributed by atoms with van der Waals surface area (Å²) in [6.45, 7) is 2.39. The molecule has 0 saturated heterocycles. The molecule has 0 amide bonds. The first kappa shape index (κ1) is 30.1. The van der Waals surface area contributed by atoms with Crippen LogP contribution in [-0.4, -0.2) is 44.1 Å². The Bertz CT molecular complexity index is 2000. The van der Waals surface area contributed by atoms with Crippen molar-refractivity contribution in [1.29, 1.82) is 0 Å². The first-order valence-corrected chi connectivity index (χ1v) is 14.7. The lowest BCUT2D eigenvalue weighted by Crippen LogP contribution is -2.29. The van der Waals surface area contributed by atoms with Crippen LogP contribution in [0.1, 0.15) is 21.7 Å². The molecule has 2 aromatic heterocycles. The van der Waals surface area contributed by atoms with Gasteiger partial charge in [-0.25, -0.2) is 4.79 Å². The summed E-state index contributed by atoms with van der Waals surface area (Å²) in [5.41, 5.74) is 3.54. The zero-order valence-electron chi connectivity index (χ0n) is 23.7. The van der Waals surface area contributed by atoms with Gasteiger partial charge in [0.15, 0.2) is 0 Å². The van der Waals surface area contributed by atoms with Gasteiger partial charge >= 0.3 is 5.97 Å². The molecule has 3 N–H and O–H groups in total. The topological polar surface area (TPSA) is 129 Å². The second-order valence-corrected chi connectivity index (χ2v) is 11.2. The number of phenols is 1. The number of pyridine rings is 2. The van der Waals surface area contributed by atoms with Crippen LogP contribution < -0.4 is 10.7 Å². The molecule has 0 bridgehead atoms. The number of hydrogen-bond acceptors (Lipinski definition) is 8. The number of hydrogen-bond donors (Lipinski definition) is 3. The lowest BCUT2D eigenvalue weighted by molar-refractivity contribution is 0.0697. The molecule has 6 rings (SSSR count). The van der Waals surface area contributed by atoms with Crippen LogP contribution in [0.4, 0.5) is 5.69 Å². The Morgan fingerprint density at radius 1 is 0.867 bits per heavy atom. The van der Waals surface area contributed by atoms with Crippen LogP contribution in [0.5, 0.6) is 5.75 Å². The zero-order valence-corrected chi connectivity index (χ0v) is 25.2. The van der Waals surface area contributed by atoms with Crippen molar-refractivity contribution in [2.45, 2.75) is 13.1 Å². The molecule has 3 heterocycles. The van der Waals surface area contributed by atoms with Crippen molar-refractivity contribution in [2.24, 2.45) is 0 Å². The fourth-order valence-corrected chi connectivity index (χ4v) is 5.58. The quantitative estimate of drug-likeness (QED) is 0.133. The van der Waals surface area contributed by atoms with Gasteiger partial charge in [-0.05, 0) is 60.2 Å². The Morgan fingerprint density at radius 2 is 1.58 bits per heavy atom. The lowest BCUT2D eigenvalue weighted by atomic mass is 9.90. The van der Waals surface area contributed by atoms with Gasteiger partial charge in [-0.2, -0.15) is 0 Å². The first-order chi connectivity index (χ1) is 21.8. The summed E-state index contributed by atoms with van der Waals surface area (Å²) in [4.78, 5) is 36.0. The number of benzene rings is 3. The highest BCUT2D eigenvalue weighted by Gasteiger charge is 2.24. The van der Waals surface area contributed by atoms with Gasteiger partial charge < -0.3 is 19.9 Å². The van der Waals surface area contributed by atoms with Crippen molar-refractivity contribution >= 4 is 45.8 Å². The Morgan fingerprint density at radius 3 is 2.22 bits per heavy atom. The van der Waals surface area contributed by atoms with E-state index in [0.29, 0.717) is 53.9 Å². The summed E-state index contributed by atoms with van der Waals surface area (Å²) in [6.07, 6.45) is 3.53. The fraction of sp³-hybridized carbons (Fsp3) is 0.118. The number of aromatic hydroxyl groups is 1. The minimum absolute atomic E-state index is 0.0211. The molecule has 0 spiro atoms. The molecular weight excluding hydrogens is 615 g/mol. The maximum atomic E-state index is 12.5. The molecule has 45 heavy (non-hydrogen) atoms. The first-order valence-electron chi connectivity index (χ1n) is 14.0. The molecule has 11 heteroatoms. The maximum absolute atomic E-state index is 12.5. The van der Waals surface area contributed by atoms with E-state index < -0.39 is 11.4 Å². The molecule has 0 saturated carbocycles.